The molecule has 5 nitrogen and oxygen atoms in total. The van der Waals surface area contributed by atoms with Gasteiger partial charge in [0.2, 0.25) is 0 Å². The average molecular weight is 313 g/mol. The van der Waals surface area contributed by atoms with E-state index in [9.17, 15) is 4.79 Å². The first kappa shape index (κ1) is 17.9. The van der Waals surface area contributed by atoms with Crippen LogP contribution in [0.4, 0.5) is 4.79 Å². The number of rotatable bonds is 5. The Labute approximate surface area is 131 Å². The van der Waals surface area contributed by atoms with Crippen LogP contribution in [0.25, 0.3) is 0 Å². The molecule has 120 valence electrons. The Morgan fingerprint density at radius 1 is 1.43 bits per heavy atom. The lowest BCUT2D eigenvalue weighted by molar-refractivity contribution is 0.0517. The first-order chi connectivity index (χ1) is 9.57. The Balaban J connectivity index is 2.73. The summed E-state index contributed by atoms with van der Waals surface area (Å²) in [5.74, 6) is 0.393. The summed E-state index contributed by atoms with van der Waals surface area (Å²) < 4.78 is 5.25. The maximum absolute atomic E-state index is 11.8. The van der Waals surface area contributed by atoms with Gasteiger partial charge in [-0.05, 0) is 20.8 Å². The van der Waals surface area contributed by atoms with Gasteiger partial charge in [0, 0.05) is 35.5 Å². The van der Waals surface area contributed by atoms with E-state index >= 15 is 0 Å². The van der Waals surface area contributed by atoms with E-state index in [-0.39, 0.29) is 5.41 Å². The molecule has 0 aliphatic rings. The van der Waals surface area contributed by atoms with Crippen LogP contribution in [-0.4, -0.2) is 29.8 Å². The number of nitrogens with zero attached hydrogens (tertiary/aromatic N) is 1. The SMILES string of the molecule is CC(C)c1ncc(C(C)(CN)CNC(=O)OC(C)(C)C)s1. The van der Waals surface area contributed by atoms with Crippen molar-refractivity contribution in [3.63, 3.8) is 0 Å². The normalized spacial score (nSPS) is 14.9. The van der Waals surface area contributed by atoms with Gasteiger partial charge in [-0.15, -0.1) is 11.3 Å². The van der Waals surface area contributed by atoms with Gasteiger partial charge in [-0.25, -0.2) is 9.78 Å². The molecule has 1 unspecified atom stereocenters. The highest BCUT2D eigenvalue weighted by molar-refractivity contribution is 7.11. The van der Waals surface area contributed by atoms with Gasteiger partial charge in [-0.1, -0.05) is 20.8 Å². The van der Waals surface area contributed by atoms with Crippen molar-refractivity contribution in [2.75, 3.05) is 13.1 Å². The minimum Gasteiger partial charge on any atom is -0.444 e. The number of hydrogen-bond donors (Lipinski definition) is 2. The molecule has 0 saturated carbocycles. The number of nitrogens with two attached hydrogens (primary N) is 1. The highest BCUT2D eigenvalue weighted by Crippen LogP contribution is 2.30. The monoisotopic (exact) mass is 313 g/mol. The molecular weight excluding hydrogens is 286 g/mol. The summed E-state index contributed by atoms with van der Waals surface area (Å²) in [6.07, 6.45) is 1.44. The van der Waals surface area contributed by atoms with Gasteiger partial charge in [0.25, 0.3) is 0 Å². The molecule has 0 radical (unpaired) electrons. The Morgan fingerprint density at radius 2 is 2.05 bits per heavy atom. The Bertz CT molecular complexity index is 480. The quantitative estimate of drug-likeness (QED) is 0.876. The maximum atomic E-state index is 11.8. The molecule has 0 bridgehead atoms. The topological polar surface area (TPSA) is 77.2 Å². The van der Waals surface area contributed by atoms with E-state index in [1.165, 1.54) is 0 Å². The lowest BCUT2D eigenvalue weighted by Gasteiger charge is -2.27. The van der Waals surface area contributed by atoms with Gasteiger partial charge in [0.15, 0.2) is 0 Å². The third-order valence-electron chi connectivity index (χ3n) is 3.08. The number of ether oxygens (including phenoxy) is 1. The van der Waals surface area contributed by atoms with Crippen LogP contribution >= 0.6 is 11.3 Å². The fraction of sp³-hybridized carbons (Fsp3) is 0.733. The number of hydrogen-bond acceptors (Lipinski definition) is 5. The number of thiazole rings is 1. The smallest absolute Gasteiger partial charge is 0.407 e. The van der Waals surface area contributed by atoms with Crippen LogP contribution in [0.15, 0.2) is 6.20 Å². The second kappa shape index (κ2) is 6.75. The molecule has 21 heavy (non-hydrogen) atoms. The predicted molar refractivity (Wildman–Crippen MR) is 86.8 cm³/mol. The molecule has 1 aromatic rings. The largest absolute Gasteiger partial charge is 0.444 e. The van der Waals surface area contributed by atoms with Crippen molar-refractivity contribution in [1.82, 2.24) is 10.3 Å². The number of carbonyl (C=O) groups excluding carboxylic acids is 1. The Kier molecular flexibility index (Phi) is 5.75. The molecule has 0 aromatic carbocycles. The van der Waals surface area contributed by atoms with Crippen LogP contribution in [0.3, 0.4) is 0 Å². The summed E-state index contributed by atoms with van der Waals surface area (Å²) in [4.78, 5) is 17.3. The molecule has 0 spiro atoms. The standard InChI is InChI=1S/C15H27N3O2S/c1-10(2)12-17-7-11(21-12)15(6,8-16)9-18-13(19)20-14(3,4)5/h7,10H,8-9,16H2,1-6H3,(H,18,19). The molecule has 0 aliphatic carbocycles. The molecule has 3 N–H and O–H groups in total. The van der Waals surface area contributed by atoms with Crippen molar-refractivity contribution >= 4 is 17.4 Å². The van der Waals surface area contributed by atoms with Crippen LogP contribution in [0.1, 0.15) is 57.3 Å². The number of carbonyl (C=O) groups is 1. The lowest BCUT2D eigenvalue weighted by atomic mass is 9.89. The van der Waals surface area contributed by atoms with Crippen molar-refractivity contribution in [3.8, 4) is 0 Å². The van der Waals surface area contributed by atoms with Crippen molar-refractivity contribution < 1.29 is 9.53 Å². The summed E-state index contributed by atoms with van der Waals surface area (Å²) in [7, 11) is 0. The average Bonchev–Trinajstić information content (AvgIpc) is 2.84. The number of nitrogens with one attached hydrogen (secondary N) is 1. The van der Waals surface area contributed by atoms with Gasteiger partial charge < -0.3 is 15.8 Å². The van der Waals surface area contributed by atoms with E-state index in [1.807, 2.05) is 33.9 Å². The maximum Gasteiger partial charge on any atom is 0.407 e. The summed E-state index contributed by atoms with van der Waals surface area (Å²) in [5, 5.41) is 3.89. The van der Waals surface area contributed by atoms with Crippen molar-refractivity contribution in [3.05, 3.63) is 16.1 Å². The zero-order valence-electron chi connectivity index (χ0n) is 13.8. The van der Waals surface area contributed by atoms with Gasteiger partial charge in [-0.2, -0.15) is 0 Å². The van der Waals surface area contributed by atoms with Crippen LogP contribution in [-0.2, 0) is 10.2 Å². The van der Waals surface area contributed by atoms with Gasteiger partial charge in [0.1, 0.15) is 5.60 Å². The second-order valence-electron chi connectivity index (χ2n) is 6.84. The zero-order chi connectivity index (χ0) is 16.3. The van der Waals surface area contributed by atoms with E-state index in [4.69, 9.17) is 10.5 Å². The minimum absolute atomic E-state index is 0.332. The molecule has 1 amide bonds. The number of amides is 1. The molecule has 0 aliphatic heterocycles. The fourth-order valence-corrected chi connectivity index (χ4v) is 2.75. The van der Waals surface area contributed by atoms with E-state index in [0.717, 1.165) is 9.88 Å². The molecule has 1 atom stereocenters. The molecule has 1 rings (SSSR count). The van der Waals surface area contributed by atoms with Crippen LogP contribution < -0.4 is 11.1 Å². The first-order valence-electron chi connectivity index (χ1n) is 7.20. The van der Waals surface area contributed by atoms with E-state index < -0.39 is 11.7 Å². The third kappa shape index (κ3) is 5.28. The van der Waals surface area contributed by atoms with Crippen LogP contribution in [0.5, 0.6) is 0 Å². The highest BCUT2D eigenvalue weighted by atomic mass is 32.1. The number of alkyl carbamates (subject to hydrolysis) is 1. The molecule has 0 saturated heterocycles. The van der Waals surface area contributed by atoms with Crippen LogP contribution in [0.2, 0.25) is 0 Å². The van der Waals surface area contributed by atoms with Gasteiger partial charge in [0.05, 0.1) is 5.01 Å². The summed E-state index contributed by atoms with van der Waals surface area (Å²) in [6, 6.07) is 0. The first-order valence-corrected chi connectivity index (χ1v) is 8.02. The van der Waals surface area contributed by atoms with E-state index in [0.29, 0.717) is 19.0 Å². The van der Waals surface area contributed by atoms with Gasteiger partial charge >= 0.3 is 6.09 Å². The molecular formula is C15H27N3O2S. The van der Waals surface area contributed by atoms with Crippen molar-refractivity contribution in [2.24, 2.45) is 5.73 Å². The molecule has 1 aromatic heterocycles. The lowest BCUT2D eigenvalue weighted by Crippen LogP contribution is -2.44. The highest BCUT2D eigenvalue weighted by Gasteiger charge is 2.29. The van der Waals surface area contributed by atoms with Crippen LogP contribution in [0, 0.1) is 0 Å². The predicted octanol–water partition coefficient (Wildman–Crippen LogP) is 3.01. The van der Waals surface area contributed by atoms with E-state index in [2.05, 4.69) is 24.1 Å². The molecule has 0 fully saturated rings. The van der Waals surface area contributed by atoms with Crippen molar-refractivity contribution in [1.29, 1.82) is 0 Å². The Morgan fingerprint density at radius 3 is 2.48 bits per heavy atom. The fourth-order valence-electron chi connectivity index (χ4n) is 1.67. The Hall–Kier alpha value is -1.14. The zero-order valence-corrected chi connectivity index (χ0v) is 14.6. The minimum atomic E-state index is -0.501. The summed E-state index contributed by atoms with van der Waals surface area (Å²) in [6.45, 7) is 12.6. The molecule has 6 heteroatoms. The van der Waals surface area contributed by atoms with E-state index in [1.54, 1.807) is 11.3 Å². The van der Waals surface area contributed by atoms with Crippen molar-refractivity contribution in [2.45, 2.75) is 58.5 Å². The summed E-state index contributed by atoms with van der Waals surface area (Å²) >= 11 is 1.65. The second-order valence-corrected chi connectivity index (χ2v) is 7.90. The van der Waals surface area contributed by atoms with Gasteiger partial charge in [-0.3, -0.25) is 0 Å². The third-order valence-corrected chi connectivity index (χ3v) is 4.69. The number of aromatic nitrogens is 1. The molecule has 1 heterocycles. The summed E-state index contributed by atoms with van der Waals surface area (Å²) in [5.41, 5.74) is 5.09.